The molecule has 0 bridgehead atoms. The van der Waals surface area contributed by atoms with Gasteiger partial charge in [-0.2, -0.15) is 0 Å². The lowest BCUT2D eigenvalue weighted by molar-refractivity contribution is 0.179. The number of nitrogens with one attached hydrogen (secondary N) is 1. The Kier molecular flexibility index (Phi) is 2.20. The second-order valence-corrected chi connectivity index (χ2v) is 3.21. The maximum atomic E-state index is 5.83. The van der Waals surface area contributed by atoms with E-state index >= 15 is 0 Å². The van der Waals surface area contributed by atoms with Gasteiger partial charge in [-0.3, -0.25) is 0 Å². The Morgan fingerprint density at radius 1 is 1.54 bits per heavy atom. The van der Waals surface area contributed by atoms with Crippen molar-refractivity contribution in [1.82, 2.24) is 9.97 Å². The lowest BCUT2D eigenvalue weighted by Gasteiger charge is -1.89. The summed E-state index contributed by atoms with van der Waals surface area (Å²) in [6.07, 6.45) is 0. The second-order valence-electron chi connectivity index (χ2n) is 2.78. The van der Waals surface area contributed by atoms with Gasteiger partial charge in [0, 0.05) is 12.1 Å². The maximum Gasteiger partial charge on any atom is 0.133 e. The minimum absolute atomic E-state index is 0.492. The van der Waals surface area contributed by atoms with Crippen LogP contribution in [-0.2, 0) is 11.3 Å². The fraction of sp³-hybridized carbons (Fsp3) is 0.222. The molecular formula is C9H9ClN2O. The number of ether oxygens (including phenoxy) is 1. The van der Waals surface area contributed by atoms with Crippen LogP contribution >= 0.6 is 11.6 Å². The van der Waals surface area contributed by atoms with Gasteiger partial charge >= 0.3 is 0 Å². The smallest absolute Gasteiger partial charge is 0.133 e. The maximum absolute atomic E-state index is 5.83. The molecule has 1 aromatic heterocycles. The van der Waals surface area contributed by atoms with Crippen molar-refractivity contribution in [2.24, 2.45) is 0 Å². The number of imidazole rings is 1. The standard InChI is InChI=1S/C9H9ClN2O/c1-13-5-9-11-7-3-2-6(10)4-8(7)12-9/h2-4H,5H2,1H3,(H,11,12). The molecule has 2 aromatic rings. The van der Waals surface area contributed by atoms with Crippen molar-refractivity contribution in [3.05, 3.63) is 29.0 Å². The Balaban J connectivity index is 2.49. The molecule has 1 aromatic carbocycles. The summed E-state index contributed by atoms with van der Waals surface area (Å²) >= 11 is 5.83. The van der Waals surface area contributed by atoms with E-state index in [0.29, 0.717) is 11.6 Å². The molecule has 0 spiro atoms. The first kappa shape index (κ1) is 8.53. The normalized spacial score (nSPS) is 10.9. The molecule has 13 heavy (non-hydrogen) atoms. The highest BCUT2D eigenvalue weighted by atomic mass is 35.5. The van der Waals surface area contributed by atoms with Crippen LogP contribution in [0.3, 0.4) is 0 Å². The molecular weight excluding hydrogens is 188 g/mol. The van der Waals surface area contributed by atoms with Gasteiger partial charge in [-0.15, -0.1) is 0 Å². The van der Waals surface area contributed by atoms with Crippen molar-refractivity contribution in [3.63, 3.8) is 0 Å². The molecule has 0 atom stereocenters. The van der Waals surface area contributed by atoms with Gasteiger partial charge in [-0.1, -0.05) is 11.6 Å². The average molecular weight is 197 g/mol. The van der Waals surface area contributed by atoms with Crippen LogP contribution in [0.4, 0.5) is 0 Å². The third-order valence-electron chi connectivity index (χ3n) is 1.77. The summed E-state index contributed by atoms with van der Waals surface area (Å²) in [7, 11) is 1.64. The number of hydrogen-bond acceptors (Lipinski definition) is 2. The van der Waals surface area contributed by atoms with Crippen LogP contribution < -0.4 is 0 Å². The number of halogens is 1. The van der Waals surface area contributed by atoms with Crippen LogP contribution in [0.25, 0.3) is 11.0 Å². The minimum atomic E-state index is 0.492. The van der Waals surface area contributed by atoms with Gasteiger partial charge in [0.2, 0.25) is 0 Å². The molecule has 0 aliphatic heterocycles. The molecule has 1 heterocycles. The predicted molar refractivity (Wildman–Crippen MR) is 51.8 cm³/mol. The van der Waals surface area contributed by atoms with E-state index in [4.69, 9.17) is 16.3 Å². The van der Waals surface area contributed by atoms with Crippen LogP contribution in [-0.4, -0.2) is 17.1 Å². The highest BCUT2D eigenvalue weighted by Crippen LogP contribution is 2.17. The van der Waals surface area contributed by atoms with E-state index in [9.17, 15) is 0 Å². The number of fused-ring (bicyclic) bond motifs is 1. The third kappa shape index (κ3) is 1.66. The van der Waals surface area contributed by atoms with Gasteiger partial charge in [0.25, 0.3) is 0 Å². The van der Waals surface area contributed by atoms with Crippen LogP contribution in [0, 0.1) is 0 Å². The summed E-state index contributed by atoms with van der Waals surface area (Å²) < 4.78 is 4.96. The summed E-state index contributed by atoms with van der Waals surface area (Å²) in [6, 6.07) is 5.55. The van der Waals surface area contributed by atoms with Crippen molar-refractivity contribution in [2.45, 2.75) is 6.61 Å². The Hall–Kier alpha value is -1.06. The molecule has 1 N–H and O–H groups in total. The summed E-state index contributed by atoms with van der Waals surface area (Å²) in [5.74, 6) is 0.819. The summed E-state index contributed by atoms with van der Waals surface area (Å²) in [6.45, 7) is 0.492. The Bertz CT molecular complexity index is 424. The van der Waals surface area contributed by atoms with Gasteiger partial charge in [-0.05, 0) is 18.2 Å². The molecule has 0 aliphatic rings. The van der Waals surface area contributed by atoms with Crippen LogP contribution in [0.2, 0.25) is 5.02 Å². The number of H-pyrrole nitrogens is 1. The predicted octanol–water partition coefficient (Wildman–Crippen LogP) is 2.36. The lowest BCUT2D eigenvalue weighted by Crippen LogP contribution is -1.88. The fourth-order valence-corrected chi connectivity index (χ4v) is 1.41. The van der Waals surface area contributed by atoms with Crippen molar-refractivity contribution >= 4 is 22.6 Å². The fourth-order valence-electron chi connectivity index (χ4n) is 1.24. The molecule has 0 amide bonds. The number of hydrogen-bond donors (Lipinski definition) is 1. The Morgan fingerprint density at radius 2 is 2.38 bits per heavy atom. The van der Waals surface area contributed by atoms with E-state index in [1.807, 2.05) is 18.2 Å². The monoisotopic (exact) mass is 196 g/mol. The van der Waals surface area contributed by atoms with E-state index in [2.05, 4.69) is 9.97 Å². The zero-order chi connectivity index (χ0) is 9.26. The Morgan fingerprint density at radius 3 is 3.15 bits per heavy atom. The number of methoxy groups -OCH3 is 1. The number of aromatic nitrogens is 2. The highest BCUT2D eigenvalue weighted by Gasteiger charge is 2.01. The van der Waals surface area contributed by atoms with E-state index in [0.717, 1.165) is 16.9 Å². The van der Waals surface area contributed by atoms with Gasteiger partial charge in [-0.25, -0.2) is 4.98 Å². The molecule has 0 saturated carbocycles. The SMILES string of the molecule is COCc1nc2ccc(Cl)cc2[nH]1. The average Bonchev–Trinajstić information content (AvgIpc) is 2.46. The van der Waals surface area contributed by atoms with E-state index in [1.54, 1.807) is 7.11 Å². The van der Waals surface area contributed by atoms with E-state index < -0.39 is 0 Å². The zero-order valence-corrected chi connectivity index (χ0v) is 7.93. The molecule has 68 valence electrons. The summed E-state index contributed by atoms with van der Waals surface area (Å²) in [4.78, 5) is 7.42. The second kappa shape index (κ2) is 3.36. The van der Waals surface area contributed by atoms with Gasteiger partial charge in [0.05, 0.1) is 11.0 Å². The number of benzene rings is 1. The topological polar surface area (TPSA) is 37.9 Å². The Labute approximate surface area is 80.7 Å². The first-order valence-electron chi connectivity index (χ1n) is 3.92. The van der Waals surface area contributed by atoms with Crippen LogP contribution in [0.5, 0.6) is 0 Å². The summed E-state index contributed by atoms with van der Waals surface area (Å²) in [5.41, 5.74) is 1.86. The molecule has 3 nitrogen and oxygen atoms in total. The first-order valence-corrected chi connectivity index (χ1v) is 4.30. The molecule has 0 unspecified atom stereocenters. The molecule has 0 radical (unpaired) electrons. The summed E-state index contributed by atoms with van der Waals surface area (Å²) in [5, 5.41) is 0.708. The quantitative estimate of drug-likeness (QED) is 0.801. The van der Waals surface area contributed by atoms with Crippen molar-refractivity contribution in [3.8, 4) is 0 Å². The zero-order valence-electron chi connectivity index (χ0n) is 7.17. The lowest BCUT2D eigenvalue weighted by atomic mass is 10.3. The van der Waals surface area contributed by atoms with Gasteiger partial charge in [0.1, 0.15) is 12.4 Å². The van der Waals surface area contributed by atoms with Crippen molar-refractivity contribution < 1.29 is 4.74 Å². The highest BCUT2D eigenvalue weighted by molar-refractivity contribution is 6.31. The molecule has 4 heteroatoms. The van der Waals surface area contributed by atoms with Crippen molar-refractivity contribution in [2.75, 3.05) is 7.11 Å². The number of aromatic amines is 1. The molecule has 2 rings (SSSR count). The number of rotatable bonds is 2. The molecule has 0 saturated heterocycles. The largest absolute Gasteiger partial charge is 0.377 e. The molecule has 0 aliphatic carbocycles. The van der Waals surface area contributed by atoms with Crippen LogP contribution in [0.15, 0.2) is 18.2 Å². The third-order valence-corrected chi connectivity index (χ3v) is 2.01. The molecule has 0 fully saturated rings. The van der Waals surface area contributed by atoms with Gasteiger partial charge < -0.3 is 9.72 Å². The first-order chi connectivity index (χ1) is 6.29. The van der Waals surface area contributed by atoms with Crippen molar-refractivity contribution in [1.29, 1.82) is 0 Å². The van der Waals surface area contributed by atoms with Gasteiger partial charge in [0.15, 0.2) is 0 Å². The van der Waals surface area contributed by atoms with E-state index in [1.165, 1.54) is 0 Å². The minimum Gasteiger partial charge on any atom is -0.377 e. The van der Waals surface area contributed by atoms with E-state index in [-0.39, 0.29) is 0 Å². The number of nitrogens with zero attached hydrogens (tertiary/aromatic N) is 1. The van der Waals surface area contributed by atoms with Crippen LogP contribution in [0.1, 0.15) is 5.82 Å².